The first-order valence-electron chi connectivity index (χ1n) is 13.9. The third-order valence-electron chi connectivity index (χ3n) is 8.86. The van der Waals surface area contributed by atoms with E-state index in [-0.39, 0.29) is 18.2 Å². The zero-order valence-corrected chi connectivity index (χ0v) is 23.9. The van der Waals surface area contributed by atoms with Crippen LogP contribution in [0.3, 0.4) is 0 Å². The molecule has 1 aromatic carbocycles. The smallest absolute Gasteiger partial charge is 0.348 e. The molecule has 232 valence electrons. The number of hydrogen-bond acceptors (Lipinski definition) is 12. The summed E-state index contributed by atoms with van der Waals surface area (Å²) in [5.74, 6) is -4.87. The normalized spacial score (nSPS) is 27.9. The van der Waals surface area contributed by atoms with Crippen molar-refractivity contribution in [3.8, 4) is 11.5 Å². The maximum absolute atomic E-state index is 12.9. The number of carboxylic acid groups (broad SMARTS) is 2. The van der Waals surface area contributed by atoms with Crippen LogP contribution in [-0.4, -0.2) is 101 Å². The number of aliphatic hydroxyl groups is 1. The number of likely N-dealkylation sites (N-methyl/N-ethyl adjacent to an activating group) is 1. The number of methoxy groups -OCH3 is 1. The quantitative estimate of drug-likeness (QED) is 0.236. The average molecular weight is 604 g/mol. The van der Waals surface area contributed by atoms with E-state index in [0.29, 0.717) is 30.9 Å². The summed E-state index contributed by atoms with van der Waals surface area (Å²) in [7, 11) is 3.51. The number of ether oxygens (including phenoxy) is 5. The summed E-state index contributed by atoms with van der Waals surface area (Å²) in [4.78, 5) is 61.3. The Morgan fingerprint density at radius 1 is 1.12 bits per heavy atom. The second-order valence-electron chi connectivity index (χ2n) is 11.3. The van der Waals surface area contributed by atoms with Crippen molar-refractivity contribution in [2.45, 2.75) is 80.8 Å². The number of aliphatic carboxylic acids is 2. The van der Waals surface area contributed by atoms with Gasteiger partial charge in [-0.1, -0.05) is 6.07 Å². The van der Waals surface area contributed by atoms with Gasteiger partial charge in [0.15, 0.2) is 23.7 Å². The van der Waals surface area contributed by atoms with Crippen LogP contribution >= 0.6 is 0 Å². The van der Waals surface area contributed by atoms with Gasteiger partial charge in [0.05, 0.1) is 37.4 Å². The Bertz CT molecular complexity index is 1400. The lowest BCUT2D eigenvalue weighted by Gasteiger charge is -2.61. The summed E-state index contributed by atoms with van der Waals surface area (Å²) in [6.45, 7) is 1.82. The summed E-state index contributed by atoms with van der Waals surface area (Å²) in [6, 6.07) is 3.64. The third kappa shape index (κ3) is 4.97. The van der Waals surface area contributed by atoms with E-state index in [0.717, 1.165) is 18.1 Å². The number of likely N-dealkylation sites (tertiary alicyclic amines) is 1. The van der Waals surface area contributed by atoms with Crippen LogP contribution in [0.1, 0.15) is 50.2 Å². The minimum atomic E-state index is -1.95. The number of hydrogen-bond donors (Lipinski definition) is 3. The Hall–Kier alpha value is -4.17. The Labute approximate surface area is 246 Å². The van der Waals surface area contributed by atoms with E-state index in [9.17, 15) is 29.1 Å². The van der Waals surface area contributed by atoms with Gasteiger partial charge in [-0.2, -0.15) is 0 Å². The lowest BCUT2D eigenvalue weighted by molar-refractivity contribution is -0.178. The fourth-order valence-electron chi connectivity index (χ4n) is 6.85. The fourth-order valence-corrected chi connectivity index (χ4v) is 6.85. The molecule has 3 N–H and O–H groups in total. The van der Waals surface area contributed by atoms with Crippen molar-refractivity contribution in [3.63, 3.8) is 0 Å². The third-order valence-corrected chi connectivity index (χ3v) is 8.86. The fraction of sp³-hybridized carbons (Fsp3) is 0.552. The first-order valence-corrected chi connectivity index (χ1v) is 13.9. The van der Waals surface area contributed by atoms with Crippen LogP contribution < -0.4 is 9.47 Å². The molecule has 2 bridgehead atoms. The molecule has 43 heavy (non-hydrogen) atoms. The lowest BCUT2D eigenvalue weighted by Crippen LogP contribution is -2.74. The highest BCUT2D eigenvalue weighted by Gasteiger charge is 2.72. The van der Waals surface area contributed by atoms with Gasteiger partial charge in [0.1, 0.15) is 5.76 Å². The molecule has 2 heterocycles. The highest BCUT2D eigenvalue weighted by Crippen LogP contribution is 2.65. The largest absolute Gasteiger partial charge is 0.493 e. The second kappa shape index (κ2) is 11.2. The van der Waals surface area contributed by atoms with E-state index < -0.39 is 78.4 Å². The summed E-state index contributed by atoms with van der Waals surface area (Å²) < 4.78 is 27.2. The predicted molar refractivity (Wildman–Crippen MR) is 142 cm³/mol. The summed E-state index contributed by atoms with van der Waals surface area (Å²) in [5, 5.41) is 30.0. The van der Waals surface area contributed by atoms with Crippen LogP contribution in [0.5, 0.6) is 11.5 Å². The van der Waals surface area contributed by atoms with Gasteiger partial charge < -0.3 is 43.9 Å². The molecule has 14 nitrogen and oxygen atoms in total. The molecule has 0 unspecified atom stereocenters. The van der Waals surface area contributed by atoms with Gasteiger partial charge in [-0.05, 0) is 51.1 Å². The molecular formula is C29H33NO13. The Balaban J connectivity index is 1.24. The maximum atomic E-state index is 12.9. The number of esters is 3. The lowest BCUT2D eigenvalue weighted by atomic mass is 9.50. The zero-order valence-electron chi connectivity index (χ0n) is 23.9. The van der Waals surface area contributed by atoms with Crippen molar-refractivity contribution in [3.05, 3.63) is 35.1 Å². The van der Waals surface area contributed by atoms with Crippen LogP contribution in [0.25, 0.3) is 0 Å². The van der Waals surface area contributed by atoms with Crippen molar-refractivity contribution >= 4 is 29.8 Å². The number of benzene rings is 1. The molecule has 0 radical (unpaired) electrons. The Morgan fingerprint density at radius 3 is 2.51 bits per heavy atom. The van der Waals surface area contributed by atoms with E-state index in [1.807, 2.05) is 19.2 Å². The minimum Gasteiger partial charge on any atom is -0.493 e. The number of nitrogens with zero attached hydrogens (tertiary/aromatic N) is 1. The summed E-state index contributed by atoms with van der Waals surface area (Å²) in [5.41, 5.74) is -0.123. The van der Waals surface area contributed by atoms with Crippen LogP contribution in [0.4, 0.5) is 0 Å². The molecule has 0 aromatic heterocycles. The first kappa shape index (κ1) is 30.3. The molecular weight excluding hydrogens is 570 g/mol. The monoisotopic (exact) mass is 603 g/mol. The SMILES string of the molecule is COc1ccc2c3c1O[C@@H]1C(OC(=O)CCC(=O)O[C@@H](C)C(=O)O[C@@H](CC(=O)O)C(=O)O)=CC[C@]4(O)[C@H](C2)N(C)CC[C@@]314. The Morgan fingerprint density at radius 2 is 1.84 bits per heavy atom. The molecule has 0 amide bonds. The molecule has 14 heteroatoms. The summed E-state index contributed by atoms with van der Waals surface area (Å²) in [6.07, 6.45) is -3.08. The Kier molecular flexibility index (Phi) is 7.86. The van der Waals surface area contributed by atoms with Crippen LogP contribution in [0.2, 0.25) is 0 Å². The van der Waals surface area contributed by atoms with Gasteiger partial charge in [-0.25, -0.2) is 9.59 Å². The number of carbonyl (C=O) groups is 5. The van der Waals surface area contributed by atoms with E-state index in [4.69, 9.17) is 29.2 Å². The molecule has 4 aliphatic rings. The van der Waals surface area contributed by atoms with E-state index in [1.165, 1.54) is 7.11 Å². The highest BCUT2D eigenvalue weighted by molar-refractivity contribution is 5.85. The van der Waals surface area contributed by atoms with Gasteiger partial charge in [-0.15, -0.1) is 0 Å². The maximum Gasteiger partial charge on any atom is 0.348 e. The predicted octanol–water partition coefficient (Wildman–Crippen LogP) is 0.699. The molecule has 1 saturated heterocycles. The van der Waals surface area contributed by atoms with Crippen molar-refractivity contribution < 1.29 is 63.0 Å². The van der Waals surface area contributed by atoms with Gasteiger partial charge in [0.25, 0.3) is 0 Å². The number of carboxylic acids is 2. The number of piperidine rings is 1. The zero-order chi connectivity index (χ0) is 31.3. The van der Waals surface area contributed by atoms with Crippen LogP contribution in [0.15, 0.2) is 24.0 Å². The van der Waals surface area contributed by atoms with E-state index >= 15 is 0 Å². The van der Waals surface area contributed by atoms with Crippen LogP contribution in [-0.2, 0) is 50.0 Å². The van der Waals surface area contributed by atoms with E-state index in [1.54, 1.807) is 6.08 Å². The van der Waals surface area contributed by atoms with Crippen LogP contribution in [0, 0.1) is 0 Å². The van der Waals surface area contributed by atoms with Gasteiger partial charge >= 0.3 is 29.8 Å². The van der Waals surface area contributed by atoms with Crippen molar-refractivity contribution in [1.82, 2.24) is 4.90 Å². The average Bonchev–Trinajstić information content (AvgIpc) is 3.30. The van der Waals surface area contributed by atoms with Gasteiger partial charge in [0.2, 0.25) is 6.10 Å². The molecule has 2 aliphatic heterocycles. The molecule has 6 atom stereocenters. The molecule has 1 spiro atoms. The molecule has 5 rings (SSSR count). The van der Waals surface area contributed by atoms with Gasteiger partial charge in [-0.3, -0.25) is 14.4 Å². The summed E-state index contributed by atoms with van der Waals surface area (Å²) >= 11 is 0. The minimum absolute atomic E-state index is 0.175. The van der Waals surface area contributed by atoms with E-state index in [2.05, 4.69) is 9.64 Å². The second-order valence-corrected chi connectivity index (χ2v) is 11.3. The van der Waals surface area contributed by atoms with Crippen molar-refractivity contribution in [2.75, 3.05) is 20.7 Å². The molecule has 2 aliphatic carbocycles. The van der Waals surface area contributed by atoms with Crippen molar-refractivity contribution in [2.24, 2.45) is 0 Å². The highest BCUT2D eigenvalue weighted by atomic mass is 16.6. The topological polar surface area (TPSA) is 195 Å². The first-order chi connectivity index (χ1) is 20.3. The number of rotatable bonds is 11. The molecule has 1 aromatic rings. The number of carbonyl (C=O) groups excluding carboxylic acids is 3. The van der Waals surface area contributed by atoms with Crippen molar-refractivity contribution in [1.29, 1.82) is 0 Å². The van der Waals surface area contributed by atoms with Gasteiger partial charge in [0, 0.05) is 18.0 Å². The standard InChI is InChI=1S/C29H33NO13/c1-14(27(37)42-18(26(35)36)13-20(31)32)40-21(33)6-7-22(34)41-17-8-9-29(38)19-12-15-4-5-16(39-3)24-23(15)28(29,25(17)43-24)10-11-30(19)2/h4-5,8,14,18-19,25,38H,6-7,9-13H2,1-3H3,(H,31,32)(H,35,36)/t14-,18-,19-,25+,28+,29-/m0/s1. The molecule has 1 fully saturated rings. The molecule has 0 saturated carbocycles.